The largest absolute Gasteiger partial charge is 0.299 e. The molecule has 0 saturated heterocycles. The molecule has 168 valence electrons. The fourth-order valence-electron chi connectivity index (χ4n) is 5.07. The minimum atomic E-state index is -3.68. The minimum absolute atomic E-state index is 0.0563. The van der Waals surface area contributed by atoms with Crippen LogP contribution in [0.3, 0.4) is 0 Å². The number of aromatic nitrogens is 1. The summed E-state index contributed by atoms with van der Waals surface area (Å²) in [5.41, 5.74) is 4.19. The van der Waals surface area contributed by atoms with E-state index in [-0.39, 0.29) is 5.54 Å². The molecular formula is C28H28N2O2S. The lowest BCUT2D eigenvalue weighted by atomic mass is 9.75. The maximum atomic E-state index is 13.5. The number of para-hydroxylation sites is 1. The SMILES string of the molecule is CN(C)C1(c2ccccc2)CC=C(c2cn(S(=O)(=O)c3ccccc3)c3ccccc23)CC1. The third-order valence-electron chi connectivity index (χ3n) is 6.99. The van der Waals surface area contributed by atoms with Gasteiger partial charge in [0, 0.05) is 22.7 Å². The summed E-state index contributed by atoms with van der Waals surface area (Å²) in [6.07, 6.45) is 6.85. The summed E-state index contributed by atoms with van der Waals surface area (Å²) in [6.45, 7) is 0. The summed E-state index contributed by atoms with van der Waals surface area (Å²) in [5.74, 6) is 0. The molecule has 1 aliphatic carbocycles. The Kier molecular flexibility index (Phi) is 5.47. The Morgan fingerprint density at radius 3 is 2.12 bits per heavy atom. The van der Waals surface area contributed by atoms with Crippen molar-refractivity contribution in [3.05, 3.63) is 108 Å². The van der Waals surface area contributed by atoms with Gasteiger partial charge in [-0.2, -0.15) is 0 Å². The molecule has 1 aliphatic rings. The predicted molar refractivity (Wildman–Crippen MR) is 135 cm³/mol. The predicted octanol–water partition coefficient (Wildman–Crippen LogP) is 5.90. The maximum Gasteiger partial charge on any atom is 0.268 e. The van der Waals surface area contributed by atoms with Crippen molar-refractivity contribution in [3.63, 3.8) is 0 Å². The zero-order valence-electron chi connectivity index (χ0n) is 19.0. The van der Waals surface area contributed by atoms with E-state index >= 15 is 0 Å². The highest BCUT2D eigenvalue weighted by Gasteiger charge is 2.36. The van der Waals surface area contributed by atoms with Gasteiger partial charge >= 0.3 is 0 Å². The number of hydrogen-bond acceptors (Lipinski definition) is 3. The molecule has 5 heteroatoms. The highest BCUT2D eigenvalue weighted by Crippen LogP contribution is 2.44. The summed E-state index contributed by atoms with van der Waals surface area (Å²) in [6, 6.07) is 27.1. The van der Waals surface area contributed by atoms with Crippen molar-refractivity contribution in [3.8, 4) is 0 Å². The molecule has 5 rings (SSSR count). The van der Waals surface area contributed by atoms with Gasteiger partial charge in [-0.05, 0) is 62.7 Å². The normalized spacial score (nSPS) is 19.1. The van der Waals surface area contributed by atoms with E-state index in [1.165, 1.54) is 15.1 Å². The van der Waals surface area contributed by atoms with E-state index in [1.807, 2.05) is 36.5 Å². The Hall–Kier alpha value is -3.15. The minimum Gasteiger partial charge on any atom is -0.299 e. The fraction of sp³-hybridized carbons (Fsp3) is 0.214. The molecule has 0 amide bonds. The molecule has 4 aromatic rings. The van der Waals surface area contributed by atoms with Crippen LogP contribution in [-0.2, 0) is 15.6 Å². The van der Waals surface area contributed by atoms with Gasteiger partial charge in [-0.25, -0.2) is 12.4 Å². The molecule has 1 aromatic heterocycles. The Morgan fingerprint density at radius 1 is 0.848 bits per heavy atom. The smallest absolute Gasteiger partial charge is 0.268 e. The molecule has 0 N–H and O–H groups in total. The van der Waals surface area contributed by atoms with Gasteiger partial charge in [-0.15, -0.1) is 0 Å². The van der Waals surface area contributed by atoms with Crippen LogP contribution in [0.2, 0.25) is 0 Å². The molecule has 0 saturated carbocycles. The molecule has 33 heavy (non-hydrogen) atoms. The zero-order valence-corrected chi connectivity index (χ0v) is 19.8. The molecule has 0 radical (unpaired) electrons. The zero-order chi connectivity index (χ0) is 23.1. The van der Waals surface area contributed by atoms with Crippen molar-refractivity contribution in [2.75, 3.05) is 14.1 Å². The number of rotatable bonds is 5. The van der Waals surface area contributed by atoms with E-state index in [4.69, 9.17) is 0 Å². The summed E-state index contributed by atoms with van der Waals surface area (Å²) >= 11 is 0. The van der Waals surface area contributed by atoms with Gasteiger partial charge in [-0.3, -0.25) is 4.90 Å². The van der Waals surface area contributed by atoms with Crippen LogP contribution in [0.4, 0.5) is 0 Å². The van der Waals surface area contributed by atoms with Crippen LogP contribution in [-0.4, -0.2) is 31.4 Å². The van der Waals surface area contributed by atoms with E-state index in [0.717, 1.165) is 30.2 Å². The fourth-order valence-corrected chi connectivity index (χ4v) is 6.46. The highest BCUT2D eigenvalue weighted by molar-refractivity contribution is 7.90. The van der Waals surface area contributed by atoms with Gasteiger partial charge in [0.1, 0.15) is 0 Å². The standard InChI is InChI=1S/C28H28N2O2S/c1-29(2)28(23-11-5-3-6-12-23)19-17-22(18-20-28)26-21-30(27-16-10-9-15-25(26)27)33(31,32)24-13-7-4-8-14-24/h3-17,21H,18-20H2,1-2H3. The lowest BCUT2D eigenvalue weighted by molar-refractivity contribution is 0.138. The van der Waals surface area contributed by atoms with Crippen molar-refractivity contribution in [2.24, 2.45) is 0 Å². The summed E-state index contributed by atoms with van der Waals surface area (Å²) in [5, 5.41) is 0.973. The first kappa shape index (κ1) is 21.7. The molecule has 0 aliphatic heterocycles. The molecule has 0 bridgehead atoms. The van der Waals surface area contributed by atoms with E-state index in [1.54, 1.807) is 24.3 Å². The van der Waals surface area contributed by atoms with Crippen molar-refractivity contribution < 1.29 is 8.42 Å². The molecular weight excluding hydrogens is 428 g/mol. The molecule has 0 fully saturated rings. The topological polar surface area (TPSA) is 42.3 Å². The van der Waals surface area contributed by atoms with Gasteiger partial charge in [0.25, 0.3) is 10.0 Å². The van der Waals surface area contributed by atoms with Gasteiger partial charge in [0.2, 0.25) is 0 Å². The first-order valence-corrected chi connectivity index (χ1v) is 12.7. The Labute approximate surface area is 195 Å². The first-order chi connectivity index (χ1) is 15.9. The van der Waals surface area contributed by atoms with Crippen molar-refractivity contribution in [2.45, 2.75) is 29.7 Å². The van der Waals surface area contributed by atoms with Gasteiger partial charge in [-0.1, -0.05) is 72.8 Å². The third kappa shape index (κ3) is 3.62. The van der Waals surface area contributed by atoms with Crippen LogP contribution in [0.25, 0.3) is 16.5 Å². The Balaban J connectivity index is 1.60. The molecule has 1 unspecified atom stereocenters. The van der Waals surface area contributed by atoms with Gasteiger partial charge < -0.3 is 0 Å². The second-order valence-corrected chi connectivity index (χ2v) is 10.7. The van der Waals surface area contributed by atoms with Crippen molar-refractivity contribution in [1.82, 2.24) is 8.87 Å². The number of allylic oxidation sites excluding steroid dienone is 1. The maximum absolute atomic E-state index is 13.5. The molecule has 1 heterocycles. The van der Waals surface area contributed by atoms with Crippen molar-refractivity contribution >= 4 is 26.5 Å². The lowest BCUT2D eigenvalue weighted by Crippen LogP contribution is -2.42. The molecule has 3 aromatic carbocycles. The average molecular weight is 457 g/mol. The monoisotopic (exact) mass is 456 g/mol. The highest BCUT2D eigenvalue weighted by atomic mass is 32.2. The summed E-state index contributed by atoms with van der Waals surface area (Å²) < 4.78 is 28.4. The molecule has 0 spiro atoms. The molecule has 1 atom stereocenters. The Bertz CT molecular complexity index is 1420. The number of fused-ring (bicyclic) bond motifs is 1. The van der Waals surface area contributed by atoms with Crippen LogP contribution in [0.1, 0.15) is 30.4 Å². The van der Waals surface area contributed by atoms with Crippen LogP contribution >= 0.6 is 0 Å². The number of benzene rings is 3. The third-order valence-corrected chi connectivity index (χ3v) is 8.67. The van der Waals surface area contributed by atoms with Crippen LogP contribution < -0.4 is 0 Å². The van der Waals surface area contributed by atoms with Crippen LogP contribution in [0, 0.1) is 0 Å². The first-order valence-electron chi connectivity index (χ1n) is 11.3. The number of hydrogen-bond donors (Lipinski definition) is 0. The van der Waals surface area contributed by atoms with E-state index in [2.05, 4.69) is 55.4 Å². The quantitative estimate of drug-likeness (QED) is 0.375. The summed E-state index contributed by atoms with van der Waals surface area (Å²) in [4.78, 5) is 2.62. The summed E-state index contributed by atoms with van der Waals surface area (Å²) in [7, 11) is 0.605. The van der Waals surface area contributed by atoms with Crippen molar-refractivity contribution in [1.29, 1.82) is 0 Å². The van der Waals surface area contributed by atoms with Gasteiger partial charge in [0.15, 0.2) is 0 Å². The van der Waals surface area contributed by atoms with Crippen LogP contribution in [0.15, 0.2) is 102 Å². The van der Waals surface area contributed by atoms with Gasteiger partial charge in [0.05, 0.1) is 10.4 Å². The molecule has 4 nitrogen and oxygen atoms in total. The number of nitrogens with zero attached hydrogens (tertiary/aromatic N) is 2. The van der Waals surface area contributed by atoms with E-state index < -0.39 is 10.0 Å². The Morgan fingerprint density at radius 2 is 1.48 bits per heavy atom. The second-order valence-electron chi connectivity index (χ2n) is 8.90. The average Bonchev–Trinajstić information content (AvgIpc) is 3.26. The van der Waals surface area contributed by atoms with E-state index in [9.17, 15) is 8.42 Å². The van der Waals surface area contributed by atoms with Crippen LogP contribution in [0.5, 0.6) is 0 Å². The van der Waals surface area contributed by atoms with E-state index in [0.29, 0.717) is 10.4 Å². The lowest BCUT2D eigenvalue weighted by Gasteiger charge is -2.43. The second kappa shape index (κ2) is 8.32.